The van der Waals surface area contributed by atoms with E-state index in [0.717, 1.165) is 5.69 Å². The lowest BCUT2D eigenvalue weighted by Crippen LogP contribution is -2.29. The van der Waals surface area contributed by atoms with Gasteiger partial charge in [-0.15, -0.1) is 0 Å². The summed E-state index contributed by atoms with van der Waals surface area (Å²) in [7, 11) is 0. The van der Waals surface area contributed by atoms with Crippen LogP contribution in [0.4, 0.5) is 0 Å². The smallest absolute Gasteiger partial charge is 0.0895 e. The molecule has 1 unspecified atom stereocenters. The molecule has 0 aliphatic heterocycles. The summed E-state index contributed by atoms with van der Waals surface area (Å²) in [5.74, 6) is 0. The predicted octanol–water partition coefficient (Wildman–Crippen LogP) is -1.08. The zero-order valence-electron chi connectivity index (χ0n) is 7.22. The van der Waals surface area contributed by atoms with E-state index in [4.69, 9.17) is 10.2 Å². The van der Waals surface area contributed by atoms with Gasteiger partial charge >= 0.3 is 0 Å². The lowest BCUT2D eigenvalue weighted by molar-refractivity contribution is 0.0941. The molecule has 0 spiro atoms. The second kappa shape index (κ2) is 5.58. The van der Waals surface area contributed by atoms with Crippen molar-refractivity contribution in [2.45, 2.75) is 12.6 Å². The maximum absolute atomic E-state index is 8.99. The molecule has 0 aliphatic carbocycles. The number of aliphatic hydroxyl groups excluding tert-OH is 2. The number of aromatic nitrogens is 2. The molecule has 1 rings (SSSR count). The monoisotopic (exact) mass is 183 g/mol. The number of nitrogens with zero attached hydrogens (tertiary/aromatic N) is 2. The minimum Gasteiger partial charge on any atom is -0.394 e. The molecule has 0 saturated carbocycles. The molecular weight excluding hydrogens is 170 g/mol. The van der Waals surface area contributed by atoms with Gasteiger partial charge in [-0.25, -0.2) is 0 Å². The molecular formula is C8H13N3O2. The summed E-state index contributed by atoms with van der Waals surface area (Å²) >= 11 is 0. The van der Waals surface area contributed by atoms with Gasteiger partial charge in [0.1, 0.15) is 0 Å². The molecule has 1 aromatic heterocycles. The van der Waals surface area contributed by atoms with Gasteiger partial charge in [-0.05, 0) is 0 Å². The zero-order valence-corrected chi connectivity index (χ0v) is 7.22. The summed E-state index contributed by atoms with van der Waals surface area (Å²) in [6.07, 6.45) is 4.15. The van der Waals surface area contributed by atoms with Crippen molar-refractivity contribution in [1.29, 1.82) is 0 Å². The van der Waals surface area contributed by atoms with Gasteiger partial charge in [-0.1, -0.05) is 0 Å². The Morgan fingerprint density at radius 3 is 2.92 bits per heavy atom. The fraction of sp³-hybridized carbons (Fsp3) is 0.500. The summed E-state index contributed by atoms with van der Waals surface area (Å²) in [4.78, 5) is 7.92. The molecule has 0 fully saturated rings. The Hall–Kier alpha value is -1.04. The van der Waals surface area contributed by atoms with Crippen molar-refractivity contribution in [3.05, 3.63) is 24.3 Å². The van der Waals surface area contributed by atoms with Crippen LogP contribution >= 0.6 is 0 Å². The summed E-state index contributed by atoms with van der Waals surface area (Å²) in [6.45, 7) is 0.672. The highest BCUT2D eigenvalue weighted by Crippen LogP contribution is 1.88. The Kier molecular flexibility index (Phi) is 4.31. The normalized spacial score (nSPS) is 12.8. The molecule has 0 saturated heterocycles. The van der Waals surface area contributed by atoms with Crippen LogP contribution in [0.3, 0.4) is 0 Å². The molecule has 72 valence electrons. The van der Waals surface area contributed by atoms with Gasteiger partial charge in [0, 0.05) is 31.7 Å². The van der Waals surface area contributed by atoms with Crippen LogP contribution in [0.5, 0.6) is 0 Å². The number of hydrogen-bond donors (Lipinski definition) is 3. The van der Waals surface area contributed by atoms with E-state index in [1.54, 1.807) is 18.6 Å². The molecule has 1 atom stereocenters. The molecule has 0 radical (unpaired) electrons. The predicted molar refractivity (Wildman–Crippen MR) is 46.8 cm³/mol. The third-order valence-corrected chi connectivity index (χ3v) is 1.51. The molecule has 1 heterocycles. The largest absolute Gasteiger partial charge is 0.394 e. The fourth-order valence-corrected chi connectivity index (χ4v) is 0.853. The van der Waals surface area contributed by atoms with Crippen molar-refractivity contribution in [1.82, 2.24) is 15.3 Å². The Morgan fingerprint density at radius 2 is 2.31 bits per heavy atom. The lowest BCUT2D eigenvalue weighted by atomic mass is 10.3. The molecule has 5 heteroatoms. The highest BCUT2D eigenvalue weighted by atomic mass is 16.3. The Bertz CT molecular complexity index is 230. The van der Waals surface area contributed by atoms with Crippen molar-refractivity contribution in [3.63, 3.8) is 0 Å². The molecule has 1 aromatic rings. The van der Waals surface area contributed by atoms with Gasteiger partial charge in [0.2, 0.25) is 0 Å². The summed E-state index contributed by atoms with van der Waals surface area (Å²) < 4.78 is 0. The topological polar surface area (TPSA) is 78.3 Å². The minimum atomic E-state index is -0.711. The van der Waals surface area contributed by atoms with Crippen LogP contribution in [0.1, 0.15) is 5.69 Å². The Balaban J connectivity index is 2.20. The first kappa shape index (κ1) is 10.0. The van der Waals surface area contributed by atoms with Gasteiger partial charge in [0.25, 0.3) is 0 Å². The van der Waals surface area contributed by atoms with Crippen molar-refractivity contribution in [2.75, 3.05) is 13.2 Å². The summed E-state index contributed by atoms with van der Waals surface area (Å²) in [6, 6.07) is 0. The molecule has 0 aromatic carbocycles. The third kappa shape index (κ3) is 3.93. The highest BCUT2D eigenvalue weighted by Gasteiger charge is 2.00. The number of nitrogens with one attached hydrogen (secondary N) is 1. The van der Waals surface area contributed by atoms with E-state index >= 15 is 0 Å². The van der Waals surface area contributed by atoms with Crippen LogP contribution in [0.2, 0.25) is 0 Å². The lowest BCUT2D eigenvalue weighted by Gasteiger charge is -2.07. The van der Waals surface area contributed by atoms with Crippen LogP contribution in [0.25, 0.3) is 0 Å². The summed E-state index contributed by atoms with van der Waals surface area (Å²) in [5.41, 5.74) is 0.813. The van der Waals surface area contributed by atoms with Crippen molar-refractivity contribution < 1.29 is 10.2 Å². The quantitative estimate of drug-likeness (QED) is 0.541. The first-order valence-electron chi connectivity index (χ1n) is 4.07. The molecule has 5 nitrogen and oxygen atoms in total. The van der Waals surface area contributed by atoms with Crippen molar-refractivity contribution in [2.24, 2.45) is 0 Å². The van der Waals surface area contributed by atoms with E-state index in [9.17, 15) is 0 Å². The second-order valence-electron chi connectivity index (χ2n) is 2.66. The second-order valence-corrected chi connectivity index (χ2v) is 2.66. The average molecular weight is 183 g/mol. The maximum Gasteiger partial charge on any atom is 0.0895 e. The van der Waals surface area contributed by atoms with Gasteiger partial charge in [-0.3, -0.25) is 9.97 Å². The van der Waals surface area contributed by atoms with E-state index in [1.165, 1.54) is 0 Å². The van der Waals surface area contributed by atoms with Crippen molar-refractivity contribution in [3.8, 4) is 0 Å². The average Bonchev–Trinajstić information content (AvgIpc) is 2.19. The number of rotatable bonds is 5. The highest BCUT2D eigenvalue weighted by molar-refractivity contribution is 4.93. The van der Waals surface area contributed by atoms with Crippen LogP contribution in [0, 0.1) is 0 Å². The van der Waals surface area contributed by atoms with Gasteiger partial charge in [-0.2, -0.15) is 0 Å². The Labute approximate surface area is 76.5 Å². The van der Waals surface area contributed by atoms with E-state index in [2.05, 4.69) is 15.3 Å². The van der Waals surface area contributed by atoms with Crippen LogP contribution in [-0.4, -0.2) is 39.4 Å². The first-order chi connectivity index (χ1) is 6.33. The Morgan fingerprint density at radius 1 is 1.46 bits per heavy atom. The van der Waals surface area contributed by atoms with E-state index in [-0.39, 0.29) is 6.61 Å². The first-order valence-corrected chi connectivity index (χ1v) is 4.07. The maximum atomic E-state index is 8.99. The fourth-order valence-electron chi connectivity index (χ4n) is 0.853. The summed E-state index contributed by atoms with van der Waals surface area (Å²) in [5, 5.41) is 20.4. The zero-order chi connectivity index (χ0) is 9.52. The SMILES string of the molecule is OCC(O)CNCc1cnccn1. The molecule has 0 aliphatic rings. The molecule has 0 amide bonds. The molecule has 3 N–H and O–H groups in total. The van der Waals surface area contributed by atoms with Gasteiger partial charge < -0.3 is 15.5 Å². The number of aliphatic hydroxyl groups is 2. The van der Waals surface area contributed by atoms with Crippen LogP contribution in [-0.2, 0) is 6.54 Å². The van der Waals surface area contributed by atoms with Crippen LogP contribution in [0.15, 0.2) is 18.6 Å². The van der Waals surface area contributed by atoms with Crippen molar-refractivity contribution >= 4 is 0 Å². The number of hydrogen-bond acceptors (Lipinski definition) is 5. The third-order valence-electron chi connectivity index (χ3n) is 1.51. The van der Waals surface area contributed by atoms with E-state index in [0.29, 0.717) is 13.1 Å². The van der Waals surface area contributed by atoms with E-state index in [1.807, 2.05) is 0 Å². The van der Waals surface area contributed by atoms with E-state index < -0.39 is 6.10 Å². The molecule has 13 heavy (non-hydrogen) atoms. The standard InChI is InChI=1S/C8H13N3O2/c12-6-8(13)5-10-4-7-3-9-1-2-11-7/h1-3,8,10,12-13H,4-6H2. The minimum absolute atomic E-state index is 0.229. The molecule has 0 bridgehead atoms. The van der Waals surface area contributed by atoms with Gasteiger partial charge in [0.05, 0.1) is 18.4 Å². The van der Waals surface area contributed by atoms with Crippen LogP contribution < -0.4 is 5.32 Å². The van der Waals surface area contributed by atoms with Gasteiger partial charge in [0.15, 0.2) is 0 Å².